The van der Waals surface area contributed by atoms with E-state index in [-0.39, 0.29) is 11.9 Å². The number of ether oxygens (including phenoxy) is 1. The second kappa shape index (κ2) is 8.23. The SMILES string of the molecule is CCC(NC(=O)CCc1nc2ccc(Cl)cc2[nH]1)c1ccc(OC)cc1. The minimum Gasteiger partial charge on any atom is -0.497 e. The highest BCUT2D eigenvalue weighted by atomic mass is 35.5. The Morgan fingerprint density at radius 1 is 1.27 bits per heavy atom. The van der Waals surface area contributed by atoms with Crippen LogP contribution in [-0.2, 0) is 11.2 Å². The van der Waals surface area contributed by atoms with Gasteiger partial charge in [-0.1, -0.05) is 30.7 Å². The van der Waals surface area contributed by atoms with Crippen molar-refractivity contribution in [2.75, 3.05) is 7.11 Å². The molecule has 1 heterocycles. The number of H-pyrrole nitrogens is 1. The molecule has 136 valence electrons. The van der Waals surface area contributed by atoms with E-state index in [4.69, 9.17) is 16.3 Å². The fraction of sp³-hybridized carbons (Fsp3) is 0.300. The Morgan fingerprint density at radius 2 is 2.04 bits per heavy atom. The van der Waals surface area contributed by atoms with Gasteiger partial charge in [-0.15, -0.1) is 0 Å². The highest BCUT2D eigenvalue weighted by Gasteiger charge is 2.13. The number of methoxy groups -OCH3 is 1. The maximum Gasteiger partial charge on any atom is 0.220 e. The van der Waals surface area contributed by atoms with Gasteiger partial charge in [0.2, 0.25) is 5.91 Å². The fourth-order valence-corrected chi connectivity index (χ4v) is 3.08. The van der Waals surface area contributed by atoms with Gasteiger partial charge in [0, 0.05) is 17.9 Å². The standard InChI is InChI=1S/C20H22ClN3O2/c1-3-16(13-4-7-15(26-2)8-5-13)24-20(25)11-10-19-22-17-9-6-14(21)12-18(17)23-19/h4-9,12,16H,3,10-11H2,1-2H3,(H,22,23)(H,24,25). The number of fused-ring (bicyclic) bond motifs is 1. The van der Waals surface area contributed by atoms with Crippen LogP contribution in [0.3, 0.4) is 0 Å². The average molecular weight is 372 g/mol. The zero-order chi connectivity index (χ0) is 18.5. The van der Waals surface area contributed by atoms with Gasteiger partial charge in [-0.2, -0.15) is 0 Å². The third kappa shape index (κ3) is 4.35. The van der Waals surface area contributed by atoms with Gasteiger partial charge in [0.1, 0.15) is 11.6 Å². The number of imidazole rings is 1. The smallest absolute Gasteiger partial charge is 0.220 e. The number of hydrogen-bond donors (Lipinski definition) is 2. The Labute approximate surface area is 157 Å². The molecule has 0 radical (unpaired) electrons. The number of carbonyl (C=O) groups excluding carboxylic acids is 1. The van der Waals surface area contributed by atoms with Crippen LogP contribution in [0.25, 0.3) is 11.0 Å². The molecule has 1 unspecified atom stereocenters. The third-order valence-corrected chi connectivity index (χ3v) is 4.58. The number of aryl methyl sites for hydroxylation is 1. The highest BCUT2D eigenvalue weighted by molar-refractivity contribution is 6.31. The number of aromatic nitrogens is 2. The lowest BCUT2D eigenvalue weighted by Crippen LogP contribution is -2.28. The number of nitrogens with zero attached hydrogens (tertiary/aromatic N) is 1. The molecule has 3 aromatic rings. The molecule has 0 saturated carbocycles. The first-order chi connectivity index (χ1) is 12.6. The molecule has 0 aliphatic heterocycles. The highest BCUT2D eigenvalue weighted by Crippen LogP contribution is 2.21. The summed E-state index contributed by atoms with van der Waals surface area (Å²) in [5.41, 5.74) is 2.81. The van der Waals surface area contributed by atoms with Crippen LogP contribution < -0.4 is 10.1 Å². The quantitative estimate of drug-likeness (QED) is 0.645. The van der Waals surface area contributed by atoms with E-state index in [2.05, 4.69) is 22.2 Å². The molecule has 1 aromatic heterocycles. The van der Waals surface area contributed by atoms with E-state index in [1.807, 2.05) is 42.5 Å². The van der Waals surface area contributed by atoms with E-state index >= 15 is 0 Å². The maximum absolute atomic E-state index is 12.4. The van der Waals surface area contributed by atoms with Crippen molar-refractivity contribution in [1.29, 1.82) is 0 Å². The van der Waals surface area contributed by atoms with Gasteiger partial charge >= 0.3 is 0 Å². The molecule has 0 aliphatic rings. The first-order valence-corrected chi connectivity index (χ1v) is 9.04. The molecule has 2 N–H and O–H groups in total. The molecular weight excluding hydrogens is 350 g/mol. The number of aromatic amines is 1. The van der Waals surface area contributed by atoms with E-state index in [0.717, 1.165) is 34.6 Å². The molecule has 1 amide bonds. The van der Waals surface area contributed by atoms with Gasteiger partial charge in [0.05, 0.1) is 24.2 Å². The number of halogens is 1. The largest absolute Gasteiger partial charge is 0.497 e. The van der Waals surface area contributed by atoms with Gasteiger partial charge in [0.25, 0.3) is 0 Å². The van der Waals surface area contributed by atoms with Crippen molar-refractivity contribution >= 4 is 28.5 Å². The van der Waals surface area contributed by atoms with Crippen molar-refractivity contribution in [2.45, 2.75) is 32.2 Å². The Balaban J connectivity index is 1.59. The molecule has 0 spiro atoms. The number of nitrogens with one attached hydrogen (secondary N) is 2. The summed E-state index contributed by atoms with van der Waals surface area (Å²) in [6, 6.07) is 13.3. The van der Waals surface area contributed by atoms with Crippen molar-refractivity contribution in [2.24, 2.45) is 0 Å². The predicted molar refractivity (Wildman–Crippen MR) is 104 cm³/mol. The molecule has 0 bridgehead atoms. The molecule has 2 aromatic carbocycles. The summed E-state index contributed by atoms with van der Waals surface area (Å²) < 4.78 is 5.18. The summed E-state index contributed by atoms with van der Waals surface area (Å²) in [5, 5.41) is 3.75. The zero-order valence-electron chi connectivity index (χ0n) is 14.9. The first-order valence-electron chi connectivity index (χ1n) is 8.66. The Hall–Kier alpha value is -2.53. The summed E-state index contributed by atoms with van der Waals surface area (Å²) in [7, 11) is 1.64. The van der Waals surface area contributed by atoms with Gasteiger partial charge < -0.3 is 15.0 Å². The Kier molecular flexibility index (Phi) is 5.78. The lowest BCUT2D eigenvalue weighted by atomic mass is 10.0. The summed E-state index contributed by atoms with van der Waals surface area (Å²) in [5.74, 6) is 1.60. The van der Waals surface area contributed by atoms with Crippen LogP contribution in [0.2, 0.25) is 5.02 Å². The van der Waals surface area contributed by atoms with Gasteiger partial charge in [-0.3, -0.25) is 4.79 Å². The van der Waals surface area contributed by atoms with Crippen LogP contribution in [0, 0.1) is 0 Å². The molecule has 26 heavy (non-hydrogen) atoms. The van der Waals surface area contributed by atoms with E-state index in [1.165, 1.54) is 0 Å². The van der Waals surface area contributed by atoms with E-state index in [0.29, 0.717) is 17.9 Å². The second-order valence-electron chi connectivity index (χ2n) is 6.15. The van der Waals surface area contributed by atoms with Crippen molar-refractivity contribution in [1.82, 2.24) is 15.3 Å². The summed E-state index contributed by atoms with van der Waals surface area (Å²) in [4.78, 5) is 20.1. The molecular formula is C20H22ClN3O2. The first kappa shape index (κ1) is 18.3. The zero-order valence-corrected chi connectivity index (χ0v) is 15.6. The monoisotopic (exact) mass is 371 g/mol. The van der Waals surface area contributed by atoms with Crippen LogP contribution in [-0.4, -0.2) is 23.0 Å². The van der Waals surface area contributed by atoms with E-state index in [9.17, 15) is 4.79 Å². The van der Waals surface area contributed by atoms with Crippen molar-refractivity contribution in [3.63, 3.8) is 0 Å². The topological polar surface area (TPSA) is 67.0 Å². The number of amides is 1. The van der Waals surface area contributed by atoms with Gasteiger partial charge in [-0.25, -0.2) is 4.98 Å². The van der Waals surface area contributed by atoms with Crippen molar-refractivity contribution in [3.8, 4) is 5.75 Å². The molecule has 0 fully saturated rings. The van der Waals surface area contributed by atoms with Crippen LogP contribution >= 0.6 is 11.6 Å². The average Bonchev–Trinajstić information content (AvgIpc) is 3.06. The summed E-state index contributed by atoms with van der Waals surface area (Å²) in [6.45, 7) is 2.05. The number of benzene rings is 2. The molecule has 1 atom stereocenters. The van der Waals surface area contributed by atoms with E-state index in [1.54, 1.807) is 7.11 Å². The second-order valence-corrected chi connectivity index (χ2v) is 6.58. The minimum absolute atomic E-state index is 0.00570. The predicted octanol–water partition coefficient (Wildman–Crippen LogP) is 4.43. The molecule has 0 aliphatic carbocycles. The summed E-state index contributed by atoms with van der Waals surface area (Å²) >= 11 is 5.99. The fourth-order valence-electron chi connectivity index (χ4n) is 2.91. The molecule has 6 heteroatoms. The van der Waals surface area contributed by atoms with Gasteiger partial charge in [-0.05, 0) is 42.3 Å². The maximum atomic E-state index is 12.4. The number of hydrogen-bond acceptors (Lipinski definition) is 3. The lowest BCUT2D eigenvalue weighted by Gasteiger charge is -2.17. The van der Waals surface area contributed by atoms with E-state index < -0.39 is 0 Å². The van der Waals surface area contributed by atoms with Crippen molar-refractivity contribution < 1.29 is 9.53 Å². The molecule has 0 saturated heterocycles. The van der Waals surface area contributed by atoms with Crippen LogP contribution in [0.15, 0.2) is 42.5 Å². The normalized spacial score (nSPS) is 12.1. The Bertz CT molecular complexity index is 890. The van der Waals surface area contributed by atoms with Gasteiger partial charge in [0.15, 0.2) is 0 Å². The van der Waals surface area contributed by atoms with Crippen LogP contribution in [0.4, 0.5) is 0 Å². The number of rotatable bonds is 7. The summed E-state index contributed by atoms with van der Waals surface area (Å²) in [6.07, 6.45) is 1.75. The molecule has 3 rings (SSSR count). The van der Waals surface area contributed by atoms with Crippen LogP contribution in [0.1, 0.15) is 37.2 Å². The number of carbonyl (C=O) groups is 1. The minimum atomic E-state index is -0.0112. The van der Waals surface area contributed by atoms with Crippen LogP contribution in [0.5, 0.6) is 5.75 Å². The third-order valence-electron chi connectivity index (χ3n) is 4.34. The molecule has 5 nitrogen and oxygen atoms in total. The van der Waals surface area contributed by atoms with Crippen molar-refractivity contribution in [3.05, 3.63) is 58.9 Å². The Morgan fingerprint density at radius 3 is 2.73 bits per heavy atom. The lowest BCUT2D eigenvalue weighted by molar-refractivity contribution is -0.121.